The van der Waals surface area contributed by atoms with E-state index in [-0.39, 0.29) is 24.0 Å². The van der Waals surface area contributed by atoms with Crippen LogP contribution >= 0.6 is 0 Å². The van der Waals surface area contributed by atoms with E-state index in [2.05, 4.69) is 9.80 Å². The summed E-state index contributed by atoms with van der Waals surface area (Å²) in [5.74, 6) is 0.284. The Morgan fingerprint density at radius 3 is 2.30 bits per heavy atom. The van der Waals surface area contributed by atoms with Crippen LogP contribution in [0.2, 0.25) is 0 Å². The largest absolute Gasteiger partial charge is 0.376 e. The highest BCUT2D eigenvalue weighted by Gasteiger charge is 2.33. The van der Waals surface area contributed by atoms with Gasteiger partial charge in [0.05, 0.1) is 18.8 Å². The van der Waals surface area contributed by atoms with Crippen LogP contribution in [-0.2, 0) is 14.3 Å². The van der Waals surface area contributed by atoms with Gasteiger partial charge in [0.2, 0.25) is 11.8 Å². The maximum Gasteiger partial charge on any atom is 0.239 e. The van der Waals surface area contributed by atoms with Gasteiger partial charge in [-0.1, -0.05) is 6.42 Å². The summed E-state index contributed by atoms with van der Waals surface area (Å²) in [5, 5.41) is 0. The molecule has 0 bridgehead atoms. The molecule has 0 unspecified atom stereocenters. The van der Waals surface area contributed by atoms with Crippen LogP contribution in [0.1, 0.15) is 39.5 Å². The zero-order valence-corrected chi connectivity index (χ0v) is 17.1. The second kappa shape index (κ2) is 9.85. The Morgan fingerprint density at radius 1 is 0.963 bits per heavy atom. The summed E-state index contributed by atoms with van der Waals surface area (Å²) < 4.78 is 6.10. The van der Waals surface area contributed by atoms with E-state index < -0.39 is 0 Å². The van der Waals surface area contributed by atoms with Crippen LogP contribution < -0.4 is 0 Å². The average Bonchev–Trinajstić information content (AvgIpc) is 3.16. The minimum Gasteiger partial charge on any atom is -0.376 e. The fraction of sp³-hybridized carbons (Fsp3) is 0.900. The molecule has 0 aromatic carbocycles. The third-order valence-electron chi connectivity index (χ3n) is 6.33. The lowest BCUT2D eigenvalue weighted by molar-refractivity contribution is -0.141. The normalized spacial score (nSPS) is 26.4. The smallest absolute Gasteiger partial charge is 0.239 e. The predicted molar refractivity (Wildman–Crippen MR) is 105 cm³/mol. The molecule has 0 N–H and O–H groups in total. The van der Waals surface area contributed by atoms with Crippen LogP contribution in [0.3, 0.4) is 0 Å². The number of hydrogen-bond acceptors (Lipinski definition) is 5. The van der Waals surface area contributed by atoms with E-state index in [0.717, 1.165) is 32.7 Å². The minimum absolute atomic E-state index is 0.0965. The highest BCUT2D eigenvalue weighted by molar-refractivity contribution is 5.82. The van der Waals surface area contributed by atoms with Crippen LogP contribution in [0.5, 0.6) is 0 Å². The monoisotopic (exact) mass is 380 g/mol. The highest BCUT2D eigenvalue weighted by Crippen LogP contribution is 2.18. The van der Waals surface area contributed by atoms with Crippen LogP contribution in [0, 0.1) is 0 Å². The first kappa shape index (κ1) is 20.6. The van der Waals surface area contributed by atoms with Crippen molar-refractivity contribution >= 4 is 11.8 Å². The summed E-state index contributed by atoms with van der Waals surface area (Å²) in [6.45, 7) is 12.2. The molecule has 0 spiro atoms. The molecule has 2 atom stereocenters. The van der Waals surface area contributed by atoms with Gasteiger partial charge in [0.15, 0.2) is 0 Å². The van der Waals surface area contributed by atoms with E-state index in [1.807, 2.05) is 16.7 Å². The van der Waals surface area contributed by atoms with Gasteiger partial charge in [0.1, 0.15) is 0 Å². The van der Waals surface area contributed by atoms with Crippen molar-refractivity contribution in [1.82, 2.24) is 19.6 Å². The van der Waals surface area contributed by atoms with Gasteiger partial charge in [-0.15, -0.1) is 0 Å². The lowest BCUT2D eigenvalue weighted by Crippen LogP contribution is -2.54. The zero-order chi connectivity index (χ0) is 19.2. The second-order valence-corrected chi connectivity index (χ2v) is 8.19. The molecule has 3 aliphatic rings. The minimum atomic E-state index is -0.107. The number of hydrogen-bond donors (Lipinski definition) is 0. The summed E-state index contributed by atoms with van der Waals surface area (Å²) in [6, 6.07) is -0.107. The molecule has 7 nitrogen and oxygen atoms in total. The molecule has 7 heteroatoms. The SMILES string of the molecule is CC(=O)N1CCN(C(=O)[C@H](C)N2CC[C@@H](OCCN3CCCCC3)C2)CC1. The molecule has 2 amide bonds. The molecule has 154 valence electrons. The van der Waals surface area contributed by atoms with E-state index >= 15 is 0 Å². The van der Waals surface area contributed by atoms with Crippen molar-refractivity contribution < 1.29 is 14.3 Å². The Balaban J connectivity index is 1.36. The Morgan fingerprint density at radius 2 is 1.63 bits per heavy atom. The first-order valence-corrected chi connectivity index (χ1v) is 10.7. The van der Waals surface area contributed by atoms with Crippen LogP contribution in [0.25, 0.3) is 0 Å². The zero-order valence-electron chi connectivity index (χ0n) is 17.1. The van der Waals surface area contributed by atoms with Crippen LogP contribution in [0.15, 0.2) is 0 Å². The molecule has 0 saturated carbocycles. The van der Waals surface area contributed by atoms with E-state index in [9.17, 15) is 9.59 Å². The predicted octanol–water partition coefficient (Wildman–Crippen LogP) is 0.642. The average molecular weight is 381 g/mol. The lowest BCUT2D eigenvalue weighted by atomic mass is 10.1. The maximum absolute atomic E-state index is 12.8. The van der Waals surface area contributed by atoms with E-state index in [1.54, 1.807) is 6.92 Å². The van der Waals surface area contributed by atoms with E-state index in [4.69, 9.17) is 4.74 Å². The fourth-order valence-corrected chi connectivity index (χ4v) is 4.44. The second-order valence-electron chi connectivity index (χ2n) is 8.19. The Labute approximate surface area is 163 Å². The molecule has 3 saturated heterocycles. The molecule has 0 aromatic heterocycles. The number of amides is 2. The summed E-state index contributed by atoms with van der Waals surface area (Å²) >= 11 is 0. The van der Waals surface area contributed by atoms with Crippen molar-refractivity contribution in [1.29, 1.82) is 0 Å². The molecule has 3 heterocycles. The number of likely N-dealkylation sites (tertiary alicyclic amines) is 2. The van der Waals surface area contributed by atoms with Gasteiger partial charge in [0, 0.05) is 52.7 Å². The summed E-state index contributed by atoms with van der Waals surface area (Å²) in [6.07, 6.45) is 5.26. The van der Waals surface area contributed by atoms with E-state index in [1.165, 1.54) is 32.4 Å². The molecule has 3 fully saturated rings. The molecular formula is C20H36N4O3. The number of nitrogens with zero attached hydrogens (tertiary/aromatic N) is 4. The van der Waals surface area contributed by atoms with Crippen molar-refractivity contribution in [3.8, 4) is 0 Å². The molecule has 27 heavy (non-hydrogen) atoms. The fourth-order valence-electron chi connectivity index (χ4n) is 4.44. The number of rotatable bonds is 6. The van der Waals surface area contributed by atoms with E-state index in [0.29, 0.717) is 26.2 Å². The number of piperazine rings is 1. The number of piperidine rings is 1. The van der Waals surface area contributed by atoms with Crippen molar-refractivity contribution in [2.75, 3.05) is 65.5 Å². The van der Waals surface area contributed by atoms with Gasteiger partial charge >= 0.3 is 0 Å². The van der Waals surface area contributed by atoms with Crippen molar-refractivity contribution in [2.24, 2.45) is 0 Å². The van der Waals surface area contributed by atoms with Crippen LogP contribution in [-0.4, -0.2) is 109 Å². The standard InChI is InChI=1S/C20H36N4O3/c1-17(20(26)23-12-10-22(11-13-23)18(2)25)24-9-6-19(16-24)27-15-14-21-7-4-3-5-8-21/h17,19H,3-16H2,1-2H3/t17-,19+/m0/s1. The number of carbonyl (C=O) groups is 2. The van der Waals surface area contributed by atoms with Gasteiger partial charge in [-0.25, -0.2) is 0 Å². The summed E-state index contributed by atoms with van der Waals surface area (Å²) in [7, 11) is 0. The van der Waals surface area contributed by atoms with Crippen LogP contribution in [0.4, 0.5) is 0 Å². The molecule has 3 aliphatic heterocycles. The van der Waals surface area contributed by atoms with Crippen molar-refractivity contribution in [2.45, 2.75) is 51.7 Å². The molecule has 0 radical (unpaired) electrons. The van der Waals surface area contributed by atoms with Gasteiger partial charge < -0.3 is 19.4 Å². The first-order chi connectivity index (χ1) is 13.0. The summed E-state index contributed by atoms with van der Waals surface area (Å²) in [5.41, 5.74) is 0. The van der Waals surface area contributed by atoms with Crippen molar-refractivity contribution in [3.63, 3.8) is 0 Å². The topological polar surface area (TPSA) is 56.3 Å². The van der Waals surface area contributed by atoms with Crippen molar-refractivity contribution in [3.05, 3.63) is 0 Å². The molecule has 0 aromatic rings. The number of carbonyl (C=O) groups excluding carboxylic acids is 2. The summed E-state index contributed by atoms with van der Waals surface area (Å²) in [4.78, 5) is 32.7. The Hall–Kier alpha value is -1.18. The Kier molecular flexibility index (Phi) is 7.49. The van der Waals surface area contributed by atoms with Gasteiger partial charge in [-0.2, -0.15) is 0 Å². The quantitative estimate of drug-likeness (QED) is 0.677. The molecule has 0 aliphatic carbocycles. The third-order valence-corrected chi connectivity index (χ3v) is 6.33. The Bertz CT molecular complexity index is 501. The van der Waals surface area contributed by atoms with Gasteiger partial charge in [0.25, 0.3) is 0 Å². The molecular weight excluding hydrogens is 344 g/mol. The number of ether oxygens (including phenoxy) is 1. The maximum atomic E-state index is 12.8. The highest BCUT2D eigenvalue weighted by atomic mass is 16.5. The van der Waals surface area contributed by atoms with Gasteiger partial charge in [-0.05, 0) is 39.3 Å². The van der Waals surface area contributed by atoms with Gasteiger partial charge in [-0.3, -0.25) is 14.5 Å². The first-order valence-electron chi connectivity index (χ1n) is 10.7. The molecule has 3 rings (SSSR count). The third kappa shape index (κ3) is 5.65. The lowest BCUT2D eigenvalue weighted by Gasteiger charge is -2.37.